The van der Waals surface area contributed by atoms with E-state index >= 15 is 0 Å². The van der Waals surface area contributed by atoms with Crippen molar-refractivity contribution in [3.05, 3.63) is 87.6 Å². The number of halogens is 2. The van der Waals surface area contributed by atoms with Gasteiger partial charge in [0.05, 0.1) is 6.54 Å². The van der Waals surface area contributed by atoms with Crippen LogP contribution in [0.1, 0.15) is 5.56 Å². The molecule has 3 rings (SSSR count). The van der Waals surface area contributed by atoms with Gasteiger partial charge in [0.2, 0.25) is 0 Å². The fourth-order valence-corrected chi connectivity index (χ4v) is 2.71. The van der Waals surface area contributed by atoms with Crippen LogP contribution < -0.4 is 10.3 Å². The molecular formula is C20H15ClFNO4. The SMILES string of the molecule is O=C(O)COc1ccc(-c2ccc(=O)n(Cc3ccc(Cl)cc3F)c2)cc1. The minimum absolute atomic E-state index is 0.0789. The number of carboxylic acid groups (broad SMARTS) is 1. The Morgan fingerprint density at radius 2 is 1.78 bits per heavy atom. The molecule has 138 valence electrons. The van der Waals surface area contributed by atoms with E-state index < -0.39 is 18.4 Å². The first-order valence-corrected chi connectivity index (χ1v) is 8.39. The Balaban J connectivity index is 1.84. The number of benzene rings is 2. The second-order valence-corrected chi connectivity index (χ2v) is 6.26. The third-order valence-corrected chi connectivity index (χ3v) is 4.12. The predicted molar refractivity (Wildman–Crippen MR) is 99.8 cm³/mol. The van der Waals surface area contributed by atoms with Crippen molar-refractivity contribution in [2.75, 3.05) is 6.61 Å². The molecular weight excluding hydrogens is 373 g/mol. The number of ether oxygens (including phenoxy) is 1. The number of hydrogen-bond acceptors (Lipinski definition) is 3. The summed E-state index contributed by atoms with van der Waals surface area (Å²) >= 11 is 5.76. The summed E-state index contributed by atoms with van der Waals surface area (Å²) in [6, 6.07) is 14.2. The van der Waals surface area contributed by atoms with Gasteiger partial charge in [-0.2, -0.15) is 0 Å². The number of pyridine rings is 1. The van der Waals surface area contributed by atoms with E-state index in [0.29, 0.717) is 16.3 Å². The fourth-order valence-electron chi connectivity index (χ4n) is 2.55. The maximum atomic E-state index is 14.0. The molecule has 0 radical (unpaired) electrons. The van der Waals surface area contributed by atoms with Gasteiger partial charge in [-0.05, 0) is 41.5 Å². The van der Waals surface area contributed by atoms with Crippen LogP contribution in [-0.4, -0.2) is 22.2 Å². The molecule has 0 aliphatic rings. The van der Waals surface area contributed by atoms with E-state index in [1.165, 1.54) is 16.7 Å². The Bertz CT molecular complexity index is 1030. The molecule has 0 saturated heterocycles. The Labute approximate surface area is 159 Å². The molecule has 1 N–H and O–H groups in total. The molecule has 3 aromatic rings. The lowest BCUT2D eigenvalue weighted by Crippen LogP contribution is -2.19. The molecule has 27 heavy (non-hydrogen) atoms. The van der Waals surface area contributed by atoms with Gasteiger partial charge in [0.15, 0.2) is 6.61 Å². The van der Waals surface area contributed by atoms with Crippen molar-refractivity contribution in [2.45, 2.75) is 6.54 Å². The normalized spacial score (nSPS) is 10.6. The number of carbonyl (C=O) groups is 1. The highest BCUT2D eigenvalue weighted by atomic mass is 35.5. The zero-order valence-electron chi connectivity index (χ0n) is 14.1. The predicted octanol–water partition coefficient (Wildman–Crippen LogP) is 3.82. The summed E-state index contributed by atoms with van der Waals surface area (Å²) in [5.41, 5.74) is 1.67. The van der Waals surface area contributed by atoms with Gasteiger partial charge in [-0.15, -0.1) is 0 Å². The average molecular weight is 388 g/mol. The lowest BCUT2D eigenvalue weighted by atomic mass is 10.1. The minimum atomic E-state index is -1.06. The summed E-state index contributed by atoms with van der Waals surface area (Å²) in [6.07, 6.45) is 1.64. The highest BCUT2D eigenvalue weighted by Gasteiger charge is 2.07. The number of carboxylic acids is 1. The van der Waals surface area contributed by atoms with E-state index in [9.17, 15) is 14.0 Å². The Kier molecular flexibility index (Phi) is 5.57. The van der Waals surface area contributed by atoms with Crippen LogP contribution in [0.5, 0.6) is 5.75 Å². The second-order valence-electron chi connectivity index (χ2n) is 5.83. The molecule has 5 nitrogen and oxygen atoms in total. The first-order valence-electron chi connectivity index (χ1n) is 8.02. The first kappa shape index (κ1) is 18.7. The molecule has 0 spiro atoms. The van der Waals surface area contributed by atoms with Crippen LogP contribution in [0.2, 0.25) is 5.02 Å². The number of aromatic nitrogens is 1. The average Bonchev–Trinajstić information content (AvgIpc) is 2.64. The number of aliphatic carboxylic acids is 1. The number of rotatable bonds is 6. The van der Waals surface area contributed by atoms with E-state index in [1.807, 2.05) is 0 Å². The van der Waals surface area contributed by atoms with Gasteiger partial charge in [-0.25, -0.2) is 9.18 Å². The lowest BCUT2D eigenvalue weighted by molar-refractivity contribution is -0.139. The van der Waals surface area contributed by atoms with E-state index in [-0.39, 0.29) is 12.1 Å². The topological polar surface area (TPSA) is 68.5 Å². The standard InChI is InChI=1S/C20H15ClFNO4/c21-16-5-1-15(18(22)9-16)11-23-10-14(4-8-19(23)24)13-2-6-17(7-3-13)27-12-20(25)26/h1-10H,11-12H2,(H,25,26). The molecule has 1 heterocycles. The Hall–Kier alpha value is -3.12. The van der Waals surface area contributed by atoms with Crippen molar-refractivity contribution in [1.82, 2.24) is 4.57 Å². The molecule has 0 atom stereocenters. The summed E-state index contributed by atoms with van der Waals surface area (Å²) in [5.74, 6) is -1.10. The van der Waals surface area contributed by atoms with Gasteiger partial charge in [0, 0.05) is 22.8 Å². The van der Waals surface area contributed by atoms with Crippen molar-refractivity contribution in [3.8, 4) is 16.9 Å². The first-order chi connectivity index (χ1) is 12.9. The molecule has 1 aromatic heterocycles. The second kappa shape index (κ2) is 8.05. The third kappa shape index (κ3) is 4.74. The molecule has 0 amide bonds. The quantitative estimate of drug-likeness (QED) is 0.698. The highest BCUT2D eigenvalue weighted by molar-refractivity contribution is 6.30. The van der Waals surface area contributed by atoms with Crippen molar-refractivity contribution in [2.24, 2.45) is 0 Å². The van der Waals surface area contributed by atoms with Gasteiger partial charge >= 0.3 is 5.97 Å². The van der Waals surface area contributed by atoms with Crippen LogP contribution in [0, 0.1) is 5.82 Å². The Morgan fingerprint density at radius 3 is 2.44 bits per heavy atom. The van der Waals surface area contributed by atoms with Gasteiger partial charge < -0.3 is 14.4 Å². The molecule has 0 bridgehead atoms. The van der Waals surface area contributed by atoms with Crippen LogP contribution in [0.3, 0.4) is 0 Å². The Morgan fingerprint density at radius 1 is 1.07 bits per heavy atom. The summed E-state index contributed by atoms with van der Waals surface area (Å²) < 4.78 is 20.5. The van der Waals surface area contributed by atoms with Crippen molar-refractivity contribution < 1.29 is 19.0 Å². The summed E-state index contributed by atoms with van der Waals surface area (Å²) in [5, 5.41) is 8.92. The number of nitrogens with zero attached hydrogens (tertiary/aromatic N) is 1. The van der Waals surface area contributed by atoms with Gasteiger partial charge in [0.25, 0.3) is 5.56 Å². The molecule has 2 aromatic carbocycles. The van der Waals surface area contributed by atoms with Gasteiger partial charge in [0.1, 0.15) is 11.6 Å². The van der Waals surface area contributed by atoms with E-state index in [2.05, 4.69) is 0 Å². The molecule has 0 fully saturated rings. The van der Waals surface area contributed by atoms with E-state index in [1.54, 1.807) is 48.7 Å². The van der Waals surface area contributed by atoms with Crippen LogP contribution in [0.15, 0.2) is 65.6 Å². The highest BCUT2D eigenvalue weighted by Crippen LogP contribution is 2.22. The lowest BCUT2D eigenvalue weighted by Gasteiger charge is -2.10. The maximum absolute atomic E-state index is 14.0. The maximum Gasteiger partial charge on any atom is 0.341 e. The fraction of sp³-hybridized carbons (Fsp3) is 0.100. The van der Waals surface area contributed by atoms with E-state index in [0.717, 1.165) is 11.1 Å². The van der Waals surface area contributed by atoms with Crippen molar-refractivity contribution in [3.63, 3.8) is 0 Å². The van der Waals surface area contributed by atoms with Crippen LogP contribution in [0.25, 0.3) is 11.1 Å². The molecule has 7 heteroatoms. The van der Waals surface area contributed by atoms with Gasteiger partial charge in [-0.3, -0.25) is 4.79 Å². The zero-order chi connectivity index (χ0) is 19.4. The zero-order valence-corrected chi connectivity index (χ0v) is 14.8. The van der Waals surface area contributed by atoms with Crippen LogP contribution in [0.4, 0.5) is 4.39 Å². The van der Waals surface area contributed by atoms with Gasteiger partial charge in [-0.1, -0.05) is 29.8 Å². The van der Waals surface area contributed by atoms with E-state index in [4.69, 9.17) is 21.4 Å². The third-order valence-electron chi connectivity index (χ3n) is 3.89. The van der Waals surface area contributed by atoms with Crippen molar-refractivity contribution >= 4 is 17.6 Å². The summed E-state index contributed by atoms with van der Waals surface area (Å²) in [6.45, 7) is -0.341. The molecule has 0 saturated carbocycles. The summed E-state index contributed by atoms with van der Waals surface area (Å²) in [4.78, 5) is 22.7. The molecule has 0 aliphatic heterocycles. The van der Waals surface area contributed by atoms with Crippen molar-refractivity contribution in [1.29, 1.82) is 0 Å². The molecule has 0 unspecified atom stereocenters. The molecule has 0 aliphatic carbocycles. The van der Waals surface area contributed by atoms with Crippen LogP contribution >= 0.6 is 11.6 Å². The number of hydrogen-bond donors (Lipinski definition) is 1. The minimum Gasteiger partial charge on any atom is -0.482 e. The summed E-state index contributed by atoms with van der Waals surface area (Å²) in [7, 11) is 0. The smallest absolute Gasteiger partial charge is 0.341 e. The largest absolute Gasteiger partial charge is 0.482 e. The van der Waals surface area contributed by atoms with Crippen LogP contribution in [-0.2, 0) is 11.3 Å². The monoisotopic (exact) mass is 387 g/mol.